The van der Waals surface area contributed by atoms with E-state index in [0.717, 1.165) is 26.3 Å². The topological polar surface area (TPSA) is 41.9 Å². The Morgan fingerprint density at radius 3 is 2.68 bits per heavy atom. The van der Waals surface area contributed by atoms with Crippen molar-refractivity contribution in [2.45, 2.75) is 6.10 Å². The van der Waals surface area contributed by atoms with Gasteiger partial charge in [-0.05, 0) is 12.1 Å². The maximum absolute atomic E-state index is 9.92. The Bertz CT molecular complexity index is 411. The minimum atomic E-state index is -0.535. The number of rotatable bonds is 5. The minimum Gasteiger partial charge on any atom is -0.491 e. The maximum Gasteiger partial charge on any atom is 0.121 e. The summed E-state index contributed by atoms with van der Waals surface area (Å²) < 4.78 is 10.7. The first kappa shape index (κ1) is 14.9. The molecule has 1 aromatic carbocycles. The average molecular weight is 306 g/mol. The Labute approximate surface area is 122 Å². The zero-order chi connectivity index (χ0) is 13.7. The number of aliphatic hydroxyl groups is 1. The van der Waals surface area contributed by atoms with E-state index < -0.39 is 6.10 Å². The first-order valence-electron chi connectivity index (χ1n) is 6.21. The average Bonchev–Trinajstić information content (AvgIpc) is 2.41. The van der Waals surface area contributed by atoms with Crippen molar-refractivity contribution < 1.29 is 14.6 Å². The van der Waals surface area contributed by atoms with Crippen LogP contribution in [-0.4, -0.2) is 55.6 Å². The summed E-state index contributed by atoms with van der Waals surface area (Å²) >= 11 is 11.7. The van der Waals surface area contributed by atoms with Gasteiger partial charge >= 0.3 is 0 Å². The van der Waals surface area contributed by atoms with Gasteiger partial charge < -0.3 is 14.6 Å². The lowest BCUT2D eigenvalue weighted by Crippen LogP contribution is -2.42. The predicted octanol–water partition coefficient (Wildman–Crippen LogP) is 2.07. The van der Waals surface area contributed by atoms with E-state index in [-0.39, 0.29) is 6.61 Å². The van der Waals surface area contributed by atoms with Crippen LogP contribution < -0.4 is 4.74 Å². The highest BCUT2D eigenvalue weighted by molar-refractivity contribution is 6.42. The van der Waals surface area contributed by atoms with Crippen LogP contribution in [0.25, 0.3) is 0 Å². The molecule has 0 bridgehead atoms. The summed E-state index contributed by atoms with van der Waals surface area (Å²) in [5.74, 6) is 0.607. The van der Waals surface area contributed by atoms with Gasteiger partial charge in [0, 0.05) is 25.7 Å². The third-order valence-corrected chi connectivity index (χ3v) is 3.65. The highest BCUT2D eigenvalue weighted by Gasteiger charge is 2.15. The number of morpholine rings is 1. The highest BCUT2D eigenvalue weighted by atomic mass is 35.5. The fourth-order valence-corrected chi connectivity index (χ4v) is 2.18. The van der Waals surface area contributed by atoms with Crippen LogP contribution in [0.4, 0.5) is 0 Å². The molecular weight excluding hydrogens is 289 g/mol. The van der Waals surface area contributed by atoms with Gasteiger partial charge in [-0.1, -0.05) is 23.2 Å². The molecule has 1 N–H and O–H groups in total. The lowest BCUT2D eigenvalue weighted by molar-refractivity contribution is 0.00465. The van der Waals surface area contributed by atoms with Crippen LogP contribution in [-0.2, 0) is 4.74 Å². The highest BCUT2D eigenvalue weighted by Crippen LogP contribution is 2.26. The Balaban J connectivity index is 1.75. The summed E-state index contributed by atoms with van der Waals surface area (Å²) in [6.07, 6.45) is -0.535. The van der Waals surface area contributed by atoms with Gasteiger partial charge in [-0.15, -0.1) is 0 Å². The van der Waals surface area contributed by atoms with E-state index in [2.05, 4.69) is 4.90 Å². The van der Waals surface area contributed by atoms with Gasteiger partial charge in [0.25, 0.3) is 0 Å². The molecule has 6 heteroatoms. The van der Waals surface area contributed by atoms with Gasteiger partial charge in [-0.3, -0.25) is 4.90 Å². The molecule has 0 aromatic heterocycles. The number of nitrogens with zero attached hydrogens (tertiary/aromatic N) is 1. The molecule has 19 heavy (non-hydrogen) atoms. The van der Waals surface area contributed by atoms with E-state index in [1.165, 1.54) is 0 Å². The summed E-state index contributed by atoms with van der Waals surface area (Å²) in [7, 11) is 0. The fraction of sp³-hybridized carbons (Fsp3) is 0.538. The number of halogens is 2. The number of aliphatic hydroxyl groups excluding tert-OH is 1. The quantitative estimate of drug-likeness (QED) is 0.904. The first-order chi connectivity index (χ1) is 9.15. The maximum atomic E-state index is 9.92. The van der Waals surface area contributed by atoms with E-state index in [4.69, 9.17) is 32.7 Å². The van der Waals surface area contributed by atoms with Gasteiger partial charge in [0.2, 0.25) is 0 Å². The normalized spacial score (nSPS) is 18.3. The SMILES string of the molecule is OC(COc1ccc(Cl)c(Cl)c1)CN1CCOCC1. The molecule has 4 nitrogen and oxygen atoms in total. The Kier molecular flexibility index (Phi) is 5.73. The largest absolute Gasteiger partial charge is 0.491 e. The lowest BCUT2D eigenvalue weighted by Gasteiger charge is -2.28. The van der Waals surface area contributed by atoms with Gasteiger partial charge in [0.05, 0.1) is 23.3 Å². The second kappa shape index (κ2) is 7.31. The number of hydrogen-bond donors (Lipinski definition) is 1. The summed E-state index contributed by atoms with van der Waals surface area (Å²) in [6, 6.07) is 5.05. The van der Waals surface area contributed by atoms with Gasteiger partial charge in [-0.25, -0.2) is 0 Å². The van der Waals surface area contributed by atoms with Crippen molar-refractivity contribution in [3.8, 4) is 5.75 Å². The molecule has 0 spiro atoms. The zero-order valence-electron chi connectivity index (χ0n) is 10.5. The molecule has 1 aromatic rings. The van der Waals surface area contributed by atoms with Crippen molar-refractivity contribution in [1.82, 2.24) is 4.90 Å². The smallest absolute Gasteiger partial charge is 0.121 e. The Morgan fingerprint density at radius 1 is 1.26 bits per heavy atom. The van der Waals surface area contributed by atoms with Crippen LogP contribution in [0.3, 0.4) is 0 Å². The molecule has 1 aliphatic rings. The Morgan fingerprint density at radius 2 is 2.00 bits per heavy atom. The van der Waals surface area contributed by atoms with Gasteiger partial charge in [0.15, 0.2) is 0 Å². The van der Waals surface area contributed by atoms with E-state index >= 15 is 0 Å². The van der Waals surface area contributed by atoms with E-state index in [9.17, 15) is 5.11 Å². The molecular formula is C13H17Cl2NO3. The molecule has 1 heterocycles. The molecule has 1 atom stereocenters. The van der Waals surface area contributed by atoms with Crippen LogP contribution in [0.15, 0.2) is 18.2 Å². The summed E-state index contributed by atoms with van der Waals surface area (Å²) in [6.45, 7) is 3.97. The van der Waals surface area contributed by atoms with E-state index in [1.54, 1.807) is 18.2 Å². The second-order valence-electron chi connectivity index (χ2n) is 4.45. The molecule has 0 radical (unpaired) electrons. The molecule has 1 saturated heterocycles. The van der Waals surface area contributed by atoms with Crippen LogP contribution >= 0.6 is 23.2 Å². The first-order valence-corrected chi connectivity index (χ1v) is 6.97. The van der Waals surface area contributed by atoms with Gasteiger partial charge in [0.1, 0.15) is 18.5 Å². The van der Waals surface area contributed by atoms with Crippen LogP contribution in [0, 0.1) is 0 Å². The molecule has 1 fully saturated rings. The van der Waals surface area contributed by atoms with Crippen LogP contribution in [0.5, 0.6) is 5.75 Å². The van der Waals surface area contributed by atoms with Crippen LogP contribution in [0.2, 0.25) is 10.0 Å². The predicted molar refractivity (Wildman–Crippen MR) is 75.2 cm³/mol. The van der Waals surface area contributed by atoms with Crippen LogP contribution in [0.1, 0.15) is 0 Å². The van der Waals surface area contributed by atoms with Crippen molar-refractivity contribution in [3.05, 3.63) is 28.2 Å². The van der Waals surface area contributed by atoms with Crippen molar-refractivity contribution in [1.29, 1.82) is 0 Å². The standard InChI is InChI=1S/C13H17Cl2NO3/c14-12-2-1-11(7-13(12)15)19-9-10(17)8-16-3-5-18-6-4-16/h1-2,7,10,17H,3-6,8-9H2. The zero-order valence-corrected chi connectivity index (χ0v) is 12.0. The fourth-order valence-electron chi connectivity index (χ4n) is 1.89. The molecule has 106 valence electrons. The number of β-amino-alcohol motifs (C(OH)–C–C–N with tert-alkyl or cyclic N) is 1. The number of benzene rings is 1. The molecule has 1 aliphatic heterocycles. The summed E-state index contributed by atoms with van der Waals surface area (Å²) in [5.41, 5.74) is 0. The molecule has 1 unspecified atom stereocenters. The third kappa shape index (κ3) is 4.82. The molecule has 0 aliphatic carbocycles. The molecule has 2 rings (SSSR count). The number of hydrogen-bond acceptors (Lipinski definition) is 4. The van der Waals surface area contributed by atoms with Crippen molar-refractivity contribution in [2.24, 2.45) is 0 Å². The monoisotopic (exact) mass is 305 g/mol. The van der Waals surface area contributed by atoms with Gasteiger partial charge in [-0.2, -0.15) is 0 Å². The van der Waals surface area contributed by atoms with E-state index in [1.807, 2.05) is 0 Å². The summed E-state index contributed by atoms with van der Waals surface area (Å²) in [5, 5.41) is 10.9. The third-order valence-electron chi connectivity index (χ3n) is 2.91. The molecule has 0 saturated carbocycles. The van der Waals surface area contributed by atoms with Crippen molar-refractivity contribution in [2.75, 3.05) is 39.5 Å². The van der Waals surface area contributed by atoms with E-state index in [0.29, 0.717) is 22.3 Å². The lowest BCUT2D eigenvalue weighted by atomic mass is 10.3. The number of ether oxygens (including phenoxy) is 2. The van der Waals surface area contributed by atoms with Crippen molar-refractivity contribution in [3.63, 3.8) is 0 Å². The second-order valence-corrected chi connectivity index (χ2v) is 5.27. The minimum absolute atomic E-state index is 0.231. The van der Waals surface area contributed by atoms with Crippen molar-refractivity contribution >= 4 is 23.2 Å². The summed E-state index contributed by atoms with van der Waals surface area (Å²) in [4.78, 5) is 2.16. The Hall–Kier alpha value is -0.520. The molecule has 0 amide bonds.